The first-order valence-electron chi connectivity index (χ1n) is 5.93. The quantitative estimate of drug-likeness (QED) is 0.932. The average molecular weight is 277 g/mol. The van der Waals surface area contributed by atoms with Crippen LogP contribution in [0.3, 0.4) is 0 Å². The number of aryl methyl sites for hydroxylation is 1. The summed E-state index contributed by atoms with van der Waals surface area (Å²) < 4.78 is 31.5. The van der Waals surface area contributed by atoms with E-state index in [0.717, 1.165) is 11.6 Å². The molecule has 0 heterocycles. The van der Waals surface area contributed by atoms with Gasteiger partial charge in [-0.15, -0.1) is 0 Å². The Bertz CT molecular complexity index is 656. The minimum Gasteiger partial charge on any atom is -0.496 e. The smallest absolute Gasteiger partial charge is 0.259 e. The number of nitrogens with one attached hydrogen (secondary N) is 1. The minimum atomic E-state index is -0.829. The molecule has 0 aliphatic carbocycles. The predicted octanol–water partition coefficient (Wildman–Crippen LogP) is 3.53. The van der Waals surface area contributed by atoms with Crippen molar-refractivity contribution in [2.45, 2.75) is 6.92 Å². The Labute approximate surface area is 115 Å². The summed E-state index contributed by atoms with van der Waals surface area (Å²) in [5.74, 6) is -1.62. The van der Waals surface area contributed by atoms with Crippen LogP contribution in [0.15, 0.2) is 36.4 Å². The summed E-state index contributed by atoms with van der Waals surface area (Å²) in [6, 6.07) is 8.03. The highest BCUT2D eigenvalue weighted by atomic mass is 19.1. The number of para-hydroxylation sites is 1. The van der Waals surface area contributed by atoms with Crippen LogP contribution in [-0.4, -0.2) is 13.0 Å². The van der Waals surface area contributed by atoms with Gasteiger partial charge in [0.05, 0.1) is 18.4 Å². The van der Waals surface area contributed by atoms with Gasteiger partial charge in [-0.2, -0.15) is 0 Å². The van der Waals surface area contributed by atoms with Crippen LogP contribution in [0.4, 0.5) is 14.5 Å². The first kappa shape index (κ1) is 14.0. The fourth-order valence-electron chi connectivity index (χ4n) is 1.88. The van der Waals surface area contributed by atoms with E-state index >= 15 is 0 Å². The topological polar surface area (TPSA) is 38.3 Å². The minimum absolute atomic E-state index is 0.0834. The van der Waals surface area contributed by atoms with Crippen molar-refractivity contribution in [1.29, 1.82) is 0 Å². The fraction of sp³-hybridized carbons (Fsp3) is 0.133. The molecular formula is C15H13F2NO2. The molecule has 0 spiro atoms. The second-order valence-electron chi connectivity index (χ2n) is 4.23. The molecular weight excluding hydrogens is 264 g/mol. The Hall–Kier alpha value is -2.43. The molecule has 0 unspecified atom stereocenters. The molecule has 0 aliphatic rings. The highest BCUT2D eigenvalue weighted by Gasteiger charge is 2.15. The summed E-state index contributed by atoms with van der Waals surface area (Å²) in [6.45, 7) is 1.80. The molecule has 2 rings (SSSR count). The Morgan fingerprint density at radius 1 is 1.20 bits per heavy atom. The summed E-state index contributed by atoms with van der Waals surface area (Å²) in [6.07, 6.45) is 0. The van der Waals surface area contributed by atoms with Crippen LogP contribution in [-0.2, 0) is 0 Å². The Balaban J connectivity index is 2.31. The summed E-state index contributed by atoms with van der Waals surface area (Å²) in [7, 11) is 1.46. The lowest BCUT2D eigenvalue weighted by Gasteiger charge is -2.11. The van der Waals surface area contributed by atoms with Gasteiger partial charge < -0.3 is 10.1 Å². The molecule has 2 aromatic carbocycles. The third-order valence-corrected chi connectivity index (χ3v) is 2.84. The highest BCUT2D eigenvalue weighted by molar-refractivity contribution is 6.06. The van der Waals surface area contributed by atoms with E-state index in [0.29, 0.717) is 11.8 Å². The van der Waals surface area contributed by atoms with Crippen LogP contribution in [0.25, 0.3) is 0 Å². The molecule has 0 aromatic heterocycles. The second-order valence-corrected chi connectivity index (χ2v) is 4.23. The molecule has 104 valence electrons. The highest BCUT2D eigenvalue weighted by Crippen LogP contribution is 2.24. The van der Waals surface area contributed by atoms with E-state index in [-0.39, 0.29) is 11.3 Å². The van der Waals surface area contributed by atoms with Gasteiger partial charge >= 0.3 is 0 Å². The number of rotatable bonds is 3. The molecule has 5 heteroatoms. The van der Waals surface area contributed by atoms with Gasteiger partial charge in [-0.3, -0.25) is 4.79 Å². The zero-order valence-corrected chi connectivity index (χ0v) is 11.0. The number of halogens is 2. The lowest BCUT2D eigenvalue weighted by atomic mass is 10.1. The number of hydrogen-bond donors (Lipinski definition) is 1. The van der Waals surface area contributed by atoms with Crippen molar-refractivity contribution >= 4 is 11.6 Å². The van der Waals surface area contributed by atoms with Crippen LogP contribution in [0, 0.1) is 18.6 Å². The Kier molecular flexibility index (Phi) is 3.98. The van der Waals surface area contributed by atoms with Gasteiger partial charge in [0.25, 0.3) is 5.91 Å². The largest absolute Gasteiger partial charge is 0.496 e. The van der Waals surface area contributed by atoms with E-state index in [4.69, 9.17) is 4.74 Å². The number of hydrogen-bond acceptors (Lipinski definition) is 2. The zero-order chi connectivity index (χ0) is 14.7. The number of benzene rings is 2. The standard InChI is InChI=1S/C15H13F2NO2/c1-9-4-3-5-11(14(9)20-2)15(19)18-13-7-6-10(16)8-12(13)17/h3-8H,1-2H3,(H,18,19). The Morgan fingerprint density at radius 3 is 2.60 bits per heavy atom. The molecule has 0 atom stereocenters. The van der Waals surface area contributed by atoms with Crippen molar-refractivity contribution < 1.29 is 18.3 Å². The lowest BCUT2D eigenvalue weighted by Crippen LogP contribution is -2.14. The van der Waals surface area contributed by atoms with Gasteiger partial charge in [0.2, 0.25) is 0 Å². The number of anilines is 1. The van der Waals surface area contributed by atoms with E-state index in [1.807, 2.05) is 0 Å². The van der Waals surface area contributed by atoms with Crippen molar-refractivity contribution in [2.24, 2.45) is 0 Å². The fourth-order valence-corrected chi connectivity index (χ4v) is 1.88. The molecule has 3 nitrogen and oxygen atoms in total. The summed E-state index contributed by atoms with van der Waals surface area (Å²) in [4.78, 5) is 12.1. The third kappa shape index (κ3) is 2.77. The zero-order valence-electron chi connectivity index (χ0n) is 11.0. The van der Waals surface area contributed by atoms with E-state index in [2.05, 4.69) is 5.32 Å². The maximum atomic E-state index is 13.5. The van der Waals surface area contributed by atoms with Crippen molar-refractivity contribution in [3.05, 3.63) is 59.2 Å². The molecule has 0 radical (unpaired) electrons. The van der Waals surface area contributed by atoms with Gasteiger partial charge in [-0.25, -0.2) is 8.78 Å². The van der Waals surface area contributed by atoms with Gasteiger partial charge in [-0.05, 0) is 30.7 Å². The van der Waals surface area contributed by atoms with Crippen LogP contribution < -0.4 is 10.1 Å². The van der Waals surface area contributed by atoms with E-state index in [1.54, 1.807) is 25.1 Å². The van der Waals surface area contributed by atoms with Crippen molar-refractivity contribution in [1.82, 2.24) is 0 Å². The van der Waals surface area contributed by atoms with Gasteiger partial charge in [0, 0.05) is 6.07 Å². The molecule has 0 aliphatic heterocycles. The molecule has 1 N–H and O–H groups in total. The third-order valence-electron chi connectivity index (χ3n) is 2.84. The number of carbonyl (C=O) groups is 1. The lowest BCUT2D eigenvalue weighted by molar-refractivity contribution is 0.102. The maximum absolute atomic E-state index is 13.5. The number of methoxy groups -OCH3 is 1. The van der Waals surface area contributed by atoms with Crippen LogP contribution in [0.1, 0.15) is 15.9 Å². The van der Waals surface area contributed by atoms with Crippen molar-refractivity contribution in [3.63, 3.8) is 0 Å². The first-order valence-corrected chi connectivity index (χ1v) is 5.93. The van der Waals surface area contributed by atoms with Crippen LogP contribution >= 0.6 is 0 Å². The van der Waals surface area contributed by atoms with Crippen molar-refractivity contribution in [2.75, 3.05) is 12.4 Å². The number of amides is 1. The second kappa shape index (κ2) is 5.69. The molecule has 20 heavy (non-hydrogen) atoms. The molecule has 1 amide bonds. The molecule has 0 saturated carbocycles. The van der Waals surface area contributed by atoms with Gasteiger partial charge in [0.15, 0.2) is 0 Å². The normalized spacial score (nSPS) is 10.2. The predicted molar refractivity (Wildman–Crippen MR) is 72.0 cm³/mol. The van der Waals surface area contributed by atoms with E-state index in [1.165, 1.54) is 13.2 Å². The van der Waals surface area contributed by atoms with Crippen molar-refractivity contribution in [3.8, 4) is 5.75 Å². The van der Waals surface area contributed by atoms with Gasteiger partial charge in [0.1, 0.15) is 17.4 Å². The summed E-state index contributed by atoms with van der Waals surface area (Å²) in [5.41, 5.74) is 0.996. The summed E-state index contributed by atoms with van der Waals surface area (Å²) >= 11 is 0. The molecule has 0 bridgehead atoms. The van der Waals surface area contributed by atoms with Crippen LogP contribution in [0.2, 0.25) is 0 Å². The van der Waals surface area contributed by atoms with Crippen LogP contribution in [0.5, 0.6) is 5.75 Å². The van der Waals surface area contributed by atoms with E-state index in [9.17, 15) is 13.6 Å². The number of carbonyl (C=O) groups excluding carboxylic acids is 1. The Morgan fingerprint density at radius 2 is 1.95 bits per heavy atom. The SMILES string of the molecule is COc1c(C)cccc1C(=O)Nc1ccc(F)cc1F. The average Bonchev–Trinajstić information content (AvgIpc) is 2.41. The molecule has 0 fully saturated rings. The monoisotopic (exact) mass is 277 g/mol. The summed E-state index contributed by atoms with van der Waals surface area (Å²) in [5, 5.41) is 2.40. The maximum Gasteiger partial charge on any atom is 0.259 e. The molecule has 0 saturated heterocycles. The van der Waals surface area contributed by atoms with E-state index < -0.39 is 17.5 Å². The molecule has 2 aromatic rings. The number of ether oxygens (including phenoxy) is 1. The first-order chi connectivity index (χ1) is 9.52. The van der Waals surface area contributed by atoms with Gasteiger partial charge in [-0.1, -0.05) is 12.1 Å².